The van der Waals surface area contributed by atoms with Crippen LogP contribution < -0.4 is 0 Å². The summed E-state index contributed by atoms with van der Waals surface area (Å²) < 4.78 is 6.74. The molecule has 0 amide bonds. The average molecular weight is 192 g/mol. The van der Waals surface area contributed by atoms with Crippen molar-refractivity contribution in [2.24, 2.45) is 7.05 Å². The van der Waals surface area contributed by atoms with E-state index in [1.54, 1.807) is 24.1 Å². The Hall–Kier alpha value is -1.98. The minimum atomic E-state index is -0.243. The molecule has 0 aliphatic carbocycles. The fourth-order valence-electron chi connectivity index (χ4n) is 1.01. The minimum Gasteiger partial charge on any atom is -0.413 e. The molecule has 2 aromatic rings. The van der Waals surface area contributed by atoms with E-state index in [1.807, 2.05) is 0 Å². The number of carbonyl (C=O) groups excluding carboxylic acids is 1. The summed E-state index contributed by atoms with van der Waals surface area (Å²) in [7, 11) is 1.78. The number of rotatable bonds is 2. The first-order chi connectivity index (χ1) is 6.66. The Kier molecular flexibility index (Phi) is 1.88. The quantitative estimate of drug-likeness (QED) is 0.654. The maximum atomic E-state index is 10.9. The summed E-state index contributed by atoms with van der Waals surface area (Å²) in [6, 6.07) is 0. The highest BCUT2D eigenvalue weighted by Crippen LogP contribution is 2.16. The van der Waals surface area contributed by atoms with Crippen molar-refractivity contribution >= 4 is 5.78 Å². The van der Waals surface area contributed by atoms with Gasteiger partial charge in [0.05, 0.1) is 11.8 Å². The lowest BCUT2D eigenvalue weighted by molar-refractivity contribution is 0.0981. The lowest BCUT2D eigenvalue weighted by Crippen LogP contribution is -1.90. The van der Waals surface area contributed by atoms with Crippen LogP contribution in [0.15, 0.2) is 16.8 Å². The number of hydrogen-bond donors (Lipinski definition) is 0. The van der Waals surface area contributed by atoms with Crippen molar-refractivity contribution in [2.45, 2.75) is 6.92 Å². The second-order valence-corrected chi connectivity index (χ2v) is 2.87. The molecule has 0 bridgehead atoms. The molecular weight excluding hydrogens is 184 g/mol. The van der Waals surface area contributed by atoms with Crippen LogP contribution >= 0.6 is 0 Å². The summed E-state index contributed by atoms with van der Waals surface area (Å²) in [5, 5.41) is 11.3. The van der Waals surface area contributed by atoms with Crippen LogP contribution in [0.4, 0.5) is 0 Å². The van der Waals surface area contributed by atoms with E-state index in [0.29, 0.717) is 11.5 Å². The maximum absolute atomic E-state index is 10.9. The lowest BCUT2D eigenvalue weighted by Gasteiger charge is -1.85. The molecule has 0 aromatic carbocycles. The van der Waals surface area contributed by atoms with Gasteiger partial charge in [-0.15, -0.1) is 10.2 Å². The predicted molar refractivity (Wildman–Crippen MR) is 46.5 cm³/mol. The first-order valence-corrected chi connectivity index (χ1v) is 4.00. The van der Waals surface area contributed by atoms with Crippen LogP contribution in [0.1, 0.15) is 17.6 Å². The van der Waals surface area contributed by atoms with Crippen LogP contribution in [0.3, 0.4) is 0 Å². The normalized spacial score (nSPS) is 10.4. The van der Waals surface area contributed by atoms with Crippen molar-refractivity contribution in [1.29, 1.82) is 0 Å². The smallest absolute Gasteiger partial charge is 0.283 e. The molecule has 0 unspecified atom stereocenters. The van der Waals surface area contributed by atoms with Crippen LogP contribution in [-0.4, -0.2) is 25.8 Å². The van der Waals surface area contributed by atoms with Gasteiger partial charge in [-0.1, -0.05) is 0 Å². The maximum Gasteiger partial charge on any atom is 0.283 e. The Balaban J connectivity index is 2.38. The molecule has 0 saturated carbocycles. The Labute approximate surface area is 79.6 Å². The van der Waals surface area contributed by atoms with E-state index in [1.165, 1.54) is 6.92 Å². The molecule has 0 saturated heterocycles. The highest BCUT2D eigenvalue weighted by molar-refractivity contribution is 5.89. The molecule has 0 atom stereocenters. The van der Waals surface area contributed by atoms with Gasteiger partial charge >= 0.3 is 0 Å². The molecule has 2 rings (SSSR count). The zero-order chi connectivity index (χ0) is 10.1. The van der Waals surface area contributed by atoms with Gasteiger partial charge in [-0.2, -0.15) is 5.10 Å². The zero-order valence-electron chi connectivity index (χ0n) is 7.76. The van der Waals surface area contributed by atoms with Crippen molar-refractivity contribution in [3.05, 3.63) is 18.3 Å². The standard InChI is InChI=1S/C8H8N4O2/c1-5(13)7-10-11-8(14-7)6-3-9-12(2)4-6/h3-4H,1-2H3. The predicted octanol–water partition coefficient (Wildman–Crippen LogP) is 0.673. The van der Waals surface area contributed by atoms with Crippen molar-refractivity contribution in [1.82, 2.24) is 20.0 Å². The monoisotopic (exact) mass is 192 g/mol. The molecule has 0 aliphatic rings. The molecule has 72 valence electrons. The topological polar surface area (TPSA) is 73.8 Å². The van der Waals surface area contributed by atoms with E-state index in [4.69, 9.17) is 4.42 Å². The molecule has 0 radical (unpaired) electrons. The van der Waals surface area contributed by atoms with E-state index in [0.717, 1.165) is 0 Å². The van der Waals surface area contributed by atoms with Gasteiger partial charge < -0.3 is 4.42 Å². The first kappa shape index (κ1) is 8.61. The van der Waals surface area contributed by atoms with Gasteiger partial charge in [-0.25, -0.2) is 0 Å². The molecule has 0 aliphatic heterocycles. The molecule has 2 heterocycles. The van der Waals surface area contributed by atoms with Gasteiger partial charge in [0.15, 0.2) is 0 Å². The van der Waals surface area contributed by atoms with Gasteiger partial charge in [-0.05, 0) is 0 Å². The lowest BCUT2D eigenvalue weighted by atomic mass is 10.4. The molecular formula is C8H8N4O2. The number of ketones is 1. The van der Waals surface area contributed by atoms with Gasteiger partial charge in [0.2, 0.25) is 5.78 Å². The molecule has 6 nitrogen and oxygen atoms in total. The number of Topliss-reactive ketones (excluding diaryl/α,β-unsaturated/α-hetero) is 1. The summed E-state index contributed by atoms with van der Waals surface area (Å²) in [6.45, 7) is 1.38. The summed E-state index contributed by atoms with van der Waals surface area (Å²) >= 11 is 0. The molecule has 0 spiro atoms. The SMILES string of the molecule is CC(=O)c1nnc(-c2cnn(C)c2)o1. The third-order valence-corrected chi connectivity index (χ3v) is 1.68. The highest BCUT2D eigenvalue weighted by atomic mass is 16.4. The van der Waals surface area contributed by atoms with E-state index < -0.39 is 0 Å². The van der Waals surface area contributed by atoms with Crippen LogP contribution in [0.25, 0.3) is 11.5 Å². The van der Waals surface area contributed by atoms with Crippen LogP contribution in [-0.2, 0) is 7.05 Å². The molecule has 6 heteroatoms. The van der Waals surface area contributed by atoms with Crippen molar-refractivity contribution in [2.75, 3.05) is 0 Å². The van der Waals surface area contributed by atoms with E-state index in [2.05, 4.69) is 15.3 Å². The number of aromatic nitrogens is 4. The van der Waals surface area contributed by atoms with Gasteiger partial charge in [0, 0.05) is 20.2 Å². The minimum absolute atomic E-state index is 0.0175. The zero-order valence-corrected chi connectivity index (χ0v) is 7.76. The first-order valence-electron chi connectivity index (χ1n) is 4.00. The third kappa shape index (κ3) is 1.41. The average Bonchev–Trinajstić information content (AvgIpc) is 2.70. The molecule has 0 fully saturated rings. The van der Waals surface area contributed by atoms with Crippen molar-refractivity contribution in [3.63, 3.8) is 0 Å². The second kappa shape index (κ2) is 3.06. The molecule has 0 N–H and O–H groups in total. The van der Waals surface area contributed by atoms with Crippen LogP contribution in [0, 0.1) is 0 Å². The Bertz CT molecular complexity index is 471. The van der Waals surface area contributed by atoms with Crippen LogP contribution in [0.5, 0.6) is 0 Å². The van der Waals surface area contributed by atoms with E-state index in [-0.39, 0.29) is 11.7 Å². The number of nitrogens with zero attached hydrogens (tertiary/aromatic N) is 4. The fourth-order valence-corrected chi connectivity index (χ4v) is 1.01. The largest absolute Gasteiger partial charge is 0.413 e. The molecule has 14 heavy (non-hydrogen) atoms. The van der Waals surface area contributed by atoms with Gasteiger partial charge in [0.25, 0.3) is 11.8 Å². The van der Waals surface area contributed by atoms with Crippen molar-refractivity contribution in [3.8, 4) is 11.5 Å². The van der Waals surface area contributed by atoms with E-state index >= 15 is 0 Å². The summed E-state index contributed by atoms with van der Waals surface area (Å²) in [5.74, 6) is 0.0831. The Morgan fingerprint density at radius 2 is 2.29 bits per heavy atom. The Morgan fingerprint density at radius 1 is 1.50 bits per heavy atom. The van der Waals surface area contributed by atoms with E-state index in [9.17, 15) is 4.79 Å². The van der Waals surface area contributed by atoms with Gasteiger partial charge in [-0.3, -0.25) is 9.48 Å². The van der Waals surface area contributed by atoms with Crippen LogP contribution in [0.2, 0.25) is 0 Å². The van der Waals surface area contributed by atoms with Crippen molar-refractivity contribution < 1.29 is 9.21 Å². The molecule has 2 aromatic heterocycles. The second-order valence-electron chi connectivity index (χ2n) is 2.87. The fraction of sp³-hybridized carbons (Fsp3) is 0.250. The summed E-state index contributed by atoms with van der Waals surface area (Å²) in [4.78, 5) is 10.9. The number of hydrogen-bond acceptors (Lipinski definition) is 5. The summed E-state index contributed by atoms with van der Waals surface area (Å²) in [5.41, 5.74) is 0.701. The number of carbonyl (C=O) groups is 1. The number of aryl methyl sites for hydroxylation is 1. The summed E-state index contributed by atoms with van der Waals surface area (Å²) in [6.07, 6.45) is 3.33. The Morgan fingerprint density at radius 3 is 2.79 bits per heavy atom. The third-order valence-electron chi connectivity index (χ3n) is 1.68. The highest BCUT2D eigenvalue weighted by Gasteiger charge is 2.12. The van der Waals surface area contributed by atoms with Gasteiger partial charge in [0.1, 0.15) is 0 Å².